The van der Waals surface area contributed by atoms with Gasteiger partial charge in [0.25, 0.3) is 5.91 Å². The van der Waals surface area contributed by atoms with Crippen molar-refractivity contribution in [2.24, 2.45) is 0 Å². The first-order chi connectivity index (χ1) is 14.5. The predicted molar refractivity (Wildman–Crippen MR) is 114 cm³/mol. The van der Waals surface area contributed by atoms with E-state index >= 15 is 0 Å². The van der Waals surface area contributed by atoms with E-state index in [0.717, 1.165) is 47.2 Å². The molecule has 2 aromatic carbocycles. The Morgan fingerprint density at radius 1 is 1.03 bits per heavy atom. The third kappa shape index (κ3) is 2.39. The second-order valence-corrected chi connectivity index (χ2v) is 8.62. The first-order valence-electron chi connectivity index (χ1n) is 10.4. The van der Waals surface area contributed by atoms with Gasteiger partial charge in [0.15, 0.2) is 0 Å². The SMILES string of the molecule is CN1C(=O)NC(=O)C12Cc1cc3ccc(CN4CCc5ccccc54)nc3cc1C2. The van der Waals surface area contributed by atoms with Crippen molar-refractivity contribution in [3.05, 3.63) is 70.9 Å². The molecule has 1 spiro atoms. The van der Waals surface area contributed by atoms with Gasteiger partial charge in [0.2, 0.25) is 0 Å². The fourth-order valence-corrected chi connectivity index (χ4v) is 5.22. The smallest absolute Gasteiger partial charge is 0.324 e. The first-order valence-corrected chi connectivity index (χ1v) is 10.4. The van der Waals surface area contributed by atoms with Crippen LogP contribution in [0.2, 0.25) is 0 Å². The van der Waals surface area contributed by atoms with E-state index in [9.17, 15) is 9.59 Å². The minimum Gasteiger partial charge on any atom is -0.365 e. The van der Waals surface area contributed by atoms with Gasteiger partial charge in [-0.05, 0) is 47.4 Å². The molecular formula is C24H22N4O2. The molecule has 6 rings (SSSR count). The summed E-state index contributed by atoms with van der Waals surface area (Å²) < 4.78 is 0. The molecule has 30 heavy (non-hydrogen) atoms. The highest BCUT2D eigenvalue weighted by Crippen LogP contribution is 2.38. The number of hydrogen-bond acceptors (Lipinski definition) is 4. The summed E-state index contributed by atoms with van der Waals surface area (Å²) in [5.74, 6) is -0.198. The molecule has 0 radical (unpaired) electrons. The summed E-state index contributed by atoms with van der Waals surface area (Å²) in [4.78, 5) is 33.4. The van der Waals surface area contributed by atoms with Crippen molar-refractivity contribution >= 4 is 28.5 Å². The molecule has 1 saturated heterocycles. The van der Waals surface area contributed by atoms with Crippen LogP contribution in [-0.4, -0.2) is 41.0 Å². The van der Waals surface area contributed by atoms with Crippen LogP contribution in [0.5, 0.6) is 0 Å². The Morgan fingerprint density at radius 2 is 1.83 bits per heavy atom. The number of benzene rings is 2. The Kier molecular flexibility index (Phi) is 3.52. The number of rotatable bonds is 2. The number of anilines is 1. The molecule has 0 saturated carbocycles. The molecule has 3 heterocycles. The van der Waals surface area contributed by atoms with E-state index in [0.29, 0.717) is 12.8 Å². The van der Waals surface area contributed by atoms with Crippen molar-refractivity contribution in [3.63, 3.8) is 0 Å². The van der Waals surface area contributed by atoms with E-state index < -0.39 is 5.54 Å². The molecular weight excluding hydrogens is 376 g/mol. The number of hydrogen-bond donors (Lipinski definition) is 1. The zero-order valence-electron chi connectivity index (χ0n) is 16.8. The predicted octanol–water partition coefficient (Wildman–Crippen LogP) is 2.82. The van der Waals surface area contributed by atoms with Crippen LogP contribution in [0.1, 0.15) is 22.4 Å². The normalized spacial score (nSPS) is 22.2. The van der Waals surface area contributed by atoms with Gasteiger partial charge in [-0.3, -0.25) is 15.1 Å². The first kappa shape index (κ1) is 17.4. The van der Waals surface area contributed by atoms with E-state index in [1.165, 1.54) is 11.3 Å². The standard InChI is InChI=1S/C24H22N4O2/c1-27-23(30)26-22(29)24(27)12-17-10-16-6-7-19(25-20(16)11-18(17)13-24)14-28-9-8-15-4-2-3-5-21(15)28/h2-7,10-11H,8-9,12-14H2,1H3,(H,26,29,30). The zero-order chi connectivity index (χ0) is 20.5. The van der Waals surface area contributed by atoms with Crippen LogP contribution < -0.4 is 10.2 Å². The monoisotopic (exact) mass is 398 g/mol. The summed E-state index contributed by atoms with van der Waals surface area (Å²) in [5, 5.41) is 3.53. The van der Waals surface area contributed by atoms with Crippen molar-refractivity contribution in [1.29, 1.82) is 0 Å². The Morgan fingerprint density at radius 3 is 2.63 bits per heavy atom. The van der Waals surface area contributed by atoms with E-state index in [4.69, 9.17) is 4.98 Å². The molecule has 3 aliphatic rings. The van der Waals surface area contributed by atoms with Gasteiger partial charge in [0.05, 0.1) is 17.8 Å². The highest BCUT2D eigenvalue weighted by Gasteiger charge is 2.54. The van der Waals surface area contributed by atoms with Crippen LogP contribution in [0.15, 0.2) is 48.5 Å². The van der Waals surface area contributed by atoms with Crippen LogP contribution in [0.4, 0.5) is 10.5 Å². The van der Waals surface area contributed by atoms with Gasteiger partial charge in [-0.25, -0.2) is 4.79 Å². The van der Waals surface area contributed by atoms with Crippen molar-refractivity contribution in [3.8, 4) is 0 Å². The number of fused-ring (bicyclic) bond motifs is 3. The van der Waals surface area contributed by atoms with Crippen molar-refractivity contribution < 1.29 is 9.59 Å². The third-order valence-electron chi connectivity index (χ3n) is 6.96. The second kappa shape index (κ2) is 6.05. The maximum Gasteiger partial charge on any atom is 0.324 e. The molecule has 2 aliphatic heterocycles. The molecule has 0 bridgehead atoms. The van der Waals surface area contributed by atoms with Crippen LogP contribution in [0.25, 0.3) is 10.9 Å². The lowest BCUT2D eigenvalue weighted by Crippen LogP contribution is -2.48. The zero-order valence-corrected chi connectivity index (χ0v) is 16.8. The fourth-order valence-electron chi connectivity index (χ4n) is 5.22. The Bertz CT molecular complexity index is 1240. The minimum atomic E-state index is -0.793. The molecule has 6 heteroatoms. The number of nitrogens with zero attached hydrogens (tertiary/aromatic N) is 3. The van der Waals surface area contributed by atoms with Crippen LogP contribution in [-0.2, 0) is 30.6 Å². The van der Waals surface area contributed by atoms with Gasteiger partial charge in [-0.1, -0.05) is 24.3 Å². The summed E-state index contributed by atoms with van der Waals surface area (Å²) >= 11 is 0. The van der Waals surface area contributed by atoms with Gasteiger partial charge in [0.1, 0.15) is 5.54 Å². The lowest BCUT2D eigenvalue weighted by molar-refractivity contribution is -0.125. The largest absolute Gasteiger partial charge is 0.365 e. The average molecular weight is 398 g/mol. The number of likely N-dealkylation sites (N-methyl/N-ethyl adjacent to an activating group) is 1. The number of carbonyl (C=O) groups excluding carboxylic acids is 2. The van der Waals surface area contributed by atoms with Crippen LogP contribution in [0.3, 0.4) is 0 Å². The quantitative estimate of drug-likeness (QED) is 0.674. The molecule has 6 nitrogen and oxygen atoms in total. The Labute approximate surface area is 174 Å². The summed E-state index contributed by atoms with van der Waals surface area (Å²) in [6.07, 6.45) is 2.17. The molecule has 1 unspecified atom stereocenters. The van der Waals surface area contributed by atoms with Gasteiger partial charge < -0.3 is 9.80 Å². The summed E-state index contributed by atoms with van der Waals surface area (Å²) in [7, 11) is 1.70. The molecule has 1 aromatic heterocycles. The number of urea groups is 1. The number of imide groups is 1. The molecule has 1 fully saturated rings. The number of aromatic nitrogens is 1. The van der Waals surface area contributed by atoms with Crippen molar-refractivity contribution in [2.75, 3.05) is 18.5 Å². The number of pyridine rings is 1. The van der Waals surface area contributed by atoms with E-state index in [1.807, 2.05) is 0 Å². The molecule has 1 atom stereocenters. The van der Waals surface area contributed by atoms with Crippen LogP contribution >= 0.6 is 0 Å². The highest BCUT2D eigenvalue weighted by molar-refractivity contribution is 6.07. The maximum atomic E-state index is 12.5. The van der Waals surface area contributed by atoms with E-state index in [1.54, 1.807) is 11.9 Å². The highest BCUT2D eigenvalue weighted by atomic mass is 16.2. The fraction of sp³-hybridized carbons (Fsp3) is 0.292. The third-order valence-corrected chi connectivity index (χ3v) is 6.96. The summed E-state index contributed by atoms with van der Waals surface area (Å²) in [6, 6.07) is 16.7. The van der Waals surface area contributed by atoms with Crippen molar-refractivity contribution in [1.82, 2.24) is 15.2 Å². The number of para-hydroxylation sites is 1. The van der Waals surface area contributed by atoms with Crippen molar-refractivity contribution in [2.45, 2.75) is 31.3 Å². The second-order valence-electron chi connectivity index (χ2n) is 8.62. The van der Waals surface area contributed by atoms with E-state index in [2.05, 4.69) is 58.7 Å². The van der Waals surface area contributed by atoms with Crippen LogP contribution in [0, 0.1) is 0 Å². The molecule has 150 valence electrons. The van der Waals surface area contributed by atoms with Gasteiger partial charge in [-0.2, -0.15) is 0 Å². The summed E-state index contributed by atoms with van der Waals surface area (Å²) in [6.45, 7) is 1.80. The summed E-state index contributed by atoms with van der Waals surface area (Å²) in [5.41, 5.74) is 6.13. The number of nitrogens with one attached hydrogen (secondary N) is 1. The van der Waals surface area contributed by atoms with Gasteiger partial charge >= 0.3 is 6.03 Å². The molecule has 1 aliphatic carbocycles. The lowest BCUT2D eigenvalue weighted by atomic mass is 9.95. The minimum absolute atomic E-state index is 0.198. The number of amides is 3. The van der Waals surface area contributed by atoms with Gasteiger partial charge in [0, 0.05) is 37.5 Å². The lowest BCUT2D eigenvalue weighted by Gasteiger charge is -2.27. The van der Waals surface area contributed by atoms with E-state index in [-0.39, 0.29) is 11.9 Å². The topological polar surface area (TPSA) is 65.5 Å². The molecule has 3 amide bonds. The number of carbonyl (C=O) groups is 2. The molecule has 1 N–H and O–H groups in total. The van der Waals surface area contributed by atoms with Gasteiger partial charge in [-0.15, -0.1) is 0 Å². The Hall–Kier alpha value is -3.41. The average Bonchev–Trinajstić information content (AvgIpc) is 3.38. The Balaban J connectivity index is 1.32. The maximum absolute atomic E-state index is 12.5. The molecule has 3 aromatic rings.